The average molecular weight is 356 g/mol. The van der Waals surface area contributed by atoms with Crippen LogP contribution in [0.3, 0.4) is 0 Å². The van der Waals surface area contributed by atoms with Crippen LogP contribution in [0.15, 0.2) is 46.2 Å². The Labute approximate surface area is 130 Å². The van der Waals surface area contributed by atoms with E-state index in [2.05, 4.69) is 0 Å². The summed E-state index contributed by atoms with van der Waals surface area (Å²) in [7, 11) is -3.70. The largest absolute Gasteiger partial charge is 0.219 e. The zero-order valence-corrected chi connectivity index (χ0v) is 13.0. The third kappa shape index (κ3) is 3.01. The molecule has 0 amide bonds. The lowest BCUT2D eigenvalue weighted by molar-refractivity contribution is 0.596. The third-order valence-electron chi connectivity index (χ3n) is 2.39. The fraction of sp³-hybridized carbons (Fsp3) is 0. The van der Waals surface area contributed by atoms with Crippen LogP contribution in [0.5, 0.6) is 0 Å². The Morgan fingerprint density at radius 3 is 1.68 bits per heavy atom. The molecule has 19 heavy (non-hydrogen) atoms. The minimum absolute atomic E-state index is 0.0192. The number of hydrogen-bond acceptors (Lipinski definition) is 2. The summed E-state index contributed by atoms with van der Waals surface area (Å²) in [6.07, 6.45) is 0. The van der Waals surface area contributed by atoms with Gasteiger partial charge in [-0.15, -0.1) is 0 Å². The van der Waals surface area contributed by atoms with Crippen molar-refractivity contribution in [1.82, 2.24) is 0 Å². The number of halogens is 4. The predicted octanol–water partition coefficient (Wildman–Crippen LogP) is 5.13. The molecule has 2 aromatic carbocycles. The van der Waals surface area contributed by atoms with Crippen molar-refractivity contribution in [2.45, 2.75) is 9.79 Å². The van der Waals surface area contributed by atoms with Crippen LogP contribution in [0.1, 0.15) is 0 Å². The van der Waals surface area contributed by atoms with Crippen molar-refractivity contribution in [3.05, 3.63) is 56.5 Å². The molecular weight excluding hydrogens is 350 g/mol. The van der Waals surface area contributed by atoms with Crippen LogP contribution in [-0.4, -0.2) is 8.42 Å². The quantitative estimate of drug-likeness (QED) is 0.699. The second-order valence-electron chi connectivity index (χ2n) is 3.66. The molecule has 7 heteroatoms. The van der Waals surface area contributed by atoms with E-state index >= 15 is 0 Å². The Kier molecular flexibility index (Phi) is 4.33. The maximum Gasteiger partial charge on any atom is 0.206 e. The molecule has 0 spiro atoms. The lowest BCUT2D eigenvalue weighted by Gasteiger charge is -2.07. The van der Waals surface area contributed by atoms with Gasteiger partial charge in [0.25, 0.3) is 0 Å². The molecule has 0 aliphatic rings. The van der Waals surface area contributed by atoms with E-state index < -0.39 is 9.84 Å². The molecule has 100 valence electrons. The molecule has 0 aliphatic heterocycles. The first kappa shape index (κ1) is 14.9. The highest BCUT2D eigenvalue weighted by atomic mass is 35.5. The van der Waals surface area contributed by atoms with Gasteiger partial charge in [0, 0.05) is 5.02 Å². The van der Waals surface area contributed by atoms with Crippen molar-refractivity contribution < 1.29 is 8.42 Å². The van der Waals surface area contributed by atoms with Crippen LogP contribution >= 0.6 is 46.4 Å². The van der Waals surface area contributed by atoms with Crippen LogP contribution in [-0.2, 0) is 9.84 Å². The first-order valence-corrected chi connectivity index (χ1v) is 7.97. The zero-order chi connectivity index (χ0) is 14.2. The molecule has 0 fully saturated rings. The molecular formula is C12H6Cl4O2S. The number of rotatable bonds is 2. The van der Waals surface area contributed by atoms with Gasteiger partial charge in [0.2, 0.25) is 9.84 Å². The minimum atomic E-state index is -3.70. The Hall–Kier alpha value is -0.450. The summed E-state index contributed by atoms with van der Waals surface area (Å²) in [5.41, 5.74) is 0. The van der Waals surface area contributed by atoms with Gasteiger partial charge in [0.1, 0.15) is 0 Å². The predicted molar refractivity (Wildman–Crippen MR) is 78.4 cm³/mol. The second-order valence-corrected chi connectivity index (χ2v) is 7.24. The Morgan fingerprint density at radius 1 is 0.737 bits per heavy atom. The lowest BCUT2D eigenvalue weighted by Crippen LogP contribution is -2.02. The molecule has 0 radical (unpaired) electrons. The fourth-order valence-corrected chi connectivity index (χ4v) is 3.60. The van der Waals surface area contributed by atoms with E-state index in [1.54, 1.807) is 0 Å². The van der Waals surface area contributed by atoms with Gasteiger partial charge >= 0.3 is 0 Å². The van der Waals surface area contributed by atoms with Gasteiger partial charge in [0.15, 0.2) is 0 Å². The summed E-state index contributed by atoms with van der Waals surface area (Å²) < 4.78 is 24.7. The molecule has 0 saturated carbocycles. The van der Waals surface area contributed by atoms with Gasteiger partial charge in [0.05, 0.1) is 24.9 Å². The highest BCUT2D eigenvalue weighted by molar-refractivity contribution is 7.91. The van der Waals surface area contributed by atoms with E-state index in [4.69, 9.17) is 46.4 Å². The molecule has 0 unspecified atom stereocenters. The lowest BCUT2D eigenvalue weighted by atomic mass is 10.3. The number of sulfone groups is 1. The molecule has 0 atom stereocenters. The molecule has 0 bridgehead atoms. The summed E-state index contributed by atoms with van der Waals surface area (Å²) in [4.78, 5) is 0.0839. The van der Waals surface area contributed by atoms with Crippen molar-refractivity contribution in [3.63, 3.8) is 0 Å². The van der Waals surface area contributed by atoms with E-state index in [0.29, 0.717) is 5.02 Å². The summed E-state index contributed by atoms with van der Waals surface area (Å²) in [5.74, 6) is 0. The Bertz CT molecular complexity index is 701. The molecule has 0 heterocycles. The zero-order valence-electron chi connectivity index (χ0n) is 9.20. The van der Waals surface area contributed by atoms with E-state index in [0.717, 1.165) is 0 Å². The average Bonchev–Trinajstić information content (AvgIpc) is 2.35. The molecule has 0 aliphatic carbocycles. The van der Waals surface area contributed by atoms with E-state index in [1.165, 1.54) is 36.4 Å². The molecule has 0 N–H and O–H groups in total. The summed E-state index contributed by atoms with van der Waals surface area (Å²) in [6, 6.07) is 8.34. The van der Waals surface area contributed by atoms with E-state index in [9.17, 15) is 8.42 Å². The van der Waals surface area contributed by atoms with Gasteiger partial charge in [-0.1, -0.05) is 46.4 Å². The highest BCUT2D eigenvalue weighted by Crippen LogP contribution is 2.34. The van der Waals surface area contributed by atoms with Crippen LogP contribution in [0.25, 0.3) is 0 Å². The van der Waals surface area contributed by atoms with Gasteiger partial charge in [-0.25, -0.2) is 8.42 Å². The Morgan fingerprint density at radius 2 is 1.21 bits per heavy atom. The highest BCUT2D eigenvalue weighted by Gasteiger charge is 2.20. The van der Waals surface area contributed by atoms with Crippen LogP contribution in [0.4, 0.5) is 0 Å². The normalized spacial score (nSPS) is 11.6. The maximum atomic E-state index is 12.4. The monoisotopic (exact) mass is 354 g/mol. The van der Waals surface area contributed by atoms with Gasteiger partial charge in [-0.05, 0) is 36.4 Å². The standard InChI is InChI=1S/C12H6Cl4O2S/c13-7-1-3-8(4-2-7)19(17,18)9-5-10(14)12(16)11(15)6-9/h1-6H. The van der Waals surface area contributed by atoms with Crippen LogP contribution in [0, 0.1) is 0 Å². The first-order chi connectivity index (χ1) is 8.82. The van der Waals surface area contributed by atoms with Gasteiger partial charge in [-0.2, -0.15) is 0 Å². The van der Waals surface area contributed by atoms with Crippen molar-refractivity contribution in [2.24, 2.45) is 0 Å². The topological polar surface area (TPSA) is 34.1 Å². The molecule has 0 saturated heterocycles. The van der Waals surface area contributed by atoms with Crippen LogP contribution < -0.4 is 0 Å². The molecule has 2 rings (SSSR count). The molecule has 2 aromatic rings. The van der Waals surface area contributed by atoms with Gasteiger partial charge < -0.3 is 0 Å². The first-order valence-electron chi connectivity index (χ1n) is 4.97. The van der Waals surface area contributed by atoms with Crippen molar-refractivity contribution >= 4 is 56.2 Å². The second kappa shape index (κ2) is 5.51. The number of hydrogen-bond donors (Lipinski definition) is 0. The van der Waals surface area contributed by atoms with E-state index in [-0.39, 0.29) is 24.9 Å². The minimum Gasteiger partial charge on any atom is -0.219 e. The summed E-state index contributed by atoms with van der Waals surface area (Å²) >= 11 is 23.2. The maximum absolute atomic E-state index is 12.4. The smallest absolute Gasteiger partial charge is 0.206 e. The van der Waals surface area contributed by atoms with Crippen LogP contribution in [0.2, 0.25) is 20.1 Å². The fourth-order valence-electron chi connectivity index (χ4n) is 1.44. The molecule has 0 aromatic heterocycles. The molecule has 2 nitrogen and oxygen atoms in total. The third-order valence-corrected chi connectivity index (χ3v) is 5.59. The SMILES string of the molecule is O=S(=O)(c1ccc(Cl)cc1)c1cc(Cl)c(Cl)c(Cl)c1. The van der Waals surface area contributed by atoms with Gasteiger partial charge in [-0.3, -0.25) is 0 Å². The summed E-state index contributed by atoms with van der Waals surface area (Å²) in [6.45, 7) is 0. The van der Waals surface area contributed by atoms with E-state index in [1.807, 2.05) is 0 Å². The Balaban J connectivity index is 2.60. The van der Waals surface area contributed by atoms with Crippen molar-refractivity contribution in [2.75, 3.05) is 0 Å². The number of benzene rings is 2. The summed E-state index contributed by atoms with van der Waals surface area (Å²) in [5, 5.41) is 0.743. The van der Waals surface area contributed by atoms with Crippen molar-refractivity contribution in [3.8, 4) is 0 Å². The van der Waals surface area contributed by atoms with Crippen molar-refractivity contribution in [1.29, 1.82) is 0 Å².